The minimum Gasteiger partial charge on any atom is -0.338 e. The Balaban J connectivity index is 1.97. The molecule has 0 spiro atoms. The van der Waals surface area contributed by atoms with Gasteiger partial charge in [-0.2, -0.15) is 4.98 Å². The molecule has 0 bridgehead atoms. The normalized spacial score (nSPS) is 11.0. The number of benzene rings is 1. The Labute approximate surface area is 101 Å². The van der Waals surface area contributed by atoms with E-state index in [-0.39, 0.29) is 0 Å². The Bertz CT molecular complexity index is 451. The van der Waals surface area contributed by atoms with Crippen LogP contribution >= 0.6 is 0 Å². The van der Waals surface area contributed by atoms with Gasteiger partial charge in [0.05, 0.1) is 6.54 Å². The van der Waals surface area contributed by atoms with Crippen LogP contribution in [0.2, 0.25) is 0 Å². The van der Waals surface area contributed by atoms with Crippen molar-refractivity contribution in [2.24, 2.45) is 5.92 Å². The predicted molar refractivity (Wildman–Crippen MR) is 66.3 cm³/mol. The van der Waals surface area contributed by atoms with Crippen molar-refractivity contribution in [1.29, 1.82) is 0 Å². The summed E-state index contributed by atoms with van der Waals surface area (Å²) in [5.74, 6) is 1.89. The molecule has 0 unspecified atom stereocenters. The maximum absolute atomic E-state index is 5.18. The summed E-state index contributed by atoms with van der Waals surface area (Å²) >= 11 is 0. The quantitative estimate of drug-likeness (QED) is 0.859. The van der Waals surface area contributed by atoms with E-state index >= 15 is 0 Å². The molecular weight excluding hydrogens is 214 g/mol. The van der Waals surface area contributed by atoms with E-state index in [9.17, 15) is 0 Å². The molecule has 1 N–H and O–H groups in total. The Morgan fingerprint density at radius 1 is 1.24 bits per heavy atom. The van der Waals surface area contributed by atoms with Crippen LogP contribution in [0.3, 0.4) is 0 Å². The van der Waals surface area contributed by atoms with Gasteiger partial charge < -0.3 is 9.84 Å². The molecule has 0 aliphatic heterocycles. The summed E-state index contributed by atoms with van der Waals surface area (Å²) in [6.07, 6.45) is 0. The molecular formula is C13H17N3O. The largest absolute Gasteiger partial charge is 0.338 e. The van der Waals surface area contributed by atoms with Gasteiger partial charge in [0.2, 0.25) is 11.7 Å². The van der Waals surface area contributed by atoms with E-state index in [1.54, 1.807) is 0 Å². The minimum atomic E-state index is 0.617. The molecule has 0 aliphatic rings. The van der Waals surface area contributed by atoms with Gasteiger partial charge in [-0.15, -0.1) is 0 Å². The number of hydrogen-bond donors (Lipinski definition) is 1. The van der Waals surface area contributed by atoms with Crippen LogP contribution in [0.15, 0.2) is 34.9 Å². The molecule has 2 rings (SSSR count). The van der Waals surface area contributed by atoms with E-state index in [1.807, 2.05) is 30.3 Å². The lowest BCUT2D eigenvalue weighted by atomic mass is 10.2. The van der Waals surface area contributed by atoms with Crippen molar-refractivity contribution in [3.63, 3.8) is 0 Å². The molecule has 2 aromatic rings. The second kappa shape index (κ2) is 5.59. The minimum absolute atomic E-state index is 0.617. The number of rotatable bonds is 5. The molecule has 1 aromatic carbocycles. The third-order valence-electron chi connectivity index (χ3n) is 2.33. The highest BCUT2D eigenvalue weighted by atomic mass is 16.5. The van der Waals surface area contributed by atoms with Gasteiger partial charge in [-0.05, 0) is 12.5 Å². The Morgan fingerprint density at radius 2 is 2.00 bits per heavy atom. The van der Waals surface area contributed by atoms with Gasteiger partial charge in [0.25, 0.3) is 0 Å². The van der Waals surface area contributed by atoms with Crippen LogP contribution in [-0.4, -0.2) is 16.7 Å². The van der Waals surface area contributed by atoms with Crippen molar-refractivity contribution in [3.05, 3.63) is 36.2 Å². The lowest BCUT2D eigenvalue weighted by Crippen LogP contribution is -2.19. The number of hydrogen-bond acceptors (Lipinski definition) is 4. The monoisotopic (exact) mass is 231 g/mol. The average molecular weight is 231 g/mol. The van der Waals surface area contributed by atoms with E-state index in [1.165, 1.54) is 0 Å². The van der Waals surface area contributed by atoms with Crippen LogP contribution in [-0.2, 0) is 6.54 Å². The third kappa shape index (κ3) is 3.39. The predicted octanol–water partition coefficient (Wildman–Crippen LogP) is 2.48. The van der Waals surface area contributed by atoms with E-state index in [0.29, 0.717) is 24.2 Å². The van der Waals surface area contributed by atoms with E-state index in [2.05, 4.69) is 29.3 Å². The lowest BCUT2D eigenvalue weighted by Gasteiger charge is -2.03. The fourth-order valence-electron chi connectivity index (χ4n) is 1.50. The molecule has 0 saturated carbocycles. The first-order valence-corrected chi connectivity index (χ1v) is 5.84. The van der Waals surface area contributed by atoms with Crippen LogP contribution < -0.4 is 5.32 Å². The molecule has 0 amide bonds. The van der Waals surface area contributed by atoms with Gasteiger partial charge in [0, 0.05) is 5.56 Å². The summed E-state index contributed by atoms with van der Waals surface area (Å²) in [6.45, 7) is 5.90. The number of nitrogens with one attached hydrogen (secondary N) is 1. The van der Waals surface area contributed by atoms with Gasteiger partial charge in [0.15, 0.2) is 0 Å². The second-order valence-electron chi connectivity index (χ2n) is 4.40. The van der Waals surface area contributed by atoms with Crippen LogP contribution in [0.25, 0.3) is 11.4 Å². The Morgan fingerprint density at radius 3 is 2.71 bits per heavy atom. The summed E-state index contributed by atoms with van der Waals surface area (Å²) in [5.41, 5.74) is 0.978. The van der Waals surface area contributed by atoms with E-state index in [4.69, 9.17) is 4.52 Å². The van der Waals surface area contributed by atoms with E-state index in [0.717, 1.165) is 12.1 Å². The summed E-state index contributed by atoms with van der Waals surface area (Å²) < 4.78 is 5.18. The maximum Gasteiger partial charge on any atom is 0.240 e. The van der Waals surface area contributed by atoms with Gasteiger partial charge >= 0.3 is 0 Å². The van der Waals surface area contributed by atoms with Crippen molar-refractivity contribution in [3.8, 4) is 11.4 Å². The molecule has 0 fully saturated rings. The average Bonchev–Trinajstić information content (AvgIpc) is 2.78. The van der Waals surface area contributed by atoms with Gasteiger partial charge in [-0.1, -0.05) is 49.3 Å². The Kier molecular flexibility index (Phi) is 3.88. The third-order valence-corrected chi connectivity index (χ3v) is 2.33. The first-order valence-electron chi connectivity index (χ1n) is 5.84. The highest BCUT2D eigenvalue weighted by molar-refractivity contribution is 5.53. The molecule has 0 radical (unpaired) electrons. The lowest BCUT2D eigenvalue weighted by molar-refractivity contribution is 0.364. The number of aromatic nitrogens is 2. The second-order valence-corrected chi connectivity index (χ2v) is 4.40. The van der Waals surface area contributed by atoms with Crippen molar-refractivity contribution < 1.29 is 4.52 Å². The molecule has 17 heavy (non-hydrogen) atoms. The van der Waals surface area contributed by atoms with Crippen LogP contribution in [0.1, 0.15) is 19.7 Å². The van der Waals surface area contributed by atoms with Crippen molar-refractivity contribution in [2.45, 2.75) is 20.4 Å². The molecule has 1 aromatic heterocycles. The Hall–Kier alpha value is -1.68. The van der Waals surface area contributed by atoms with E-state index < -0.39 is 0 Å². The highest BCUT2D eigenvalue weighted by Gasteiger charge is 2.07. The SMILES string of the molecule is CC(C)CNCc1nc(-c2ccccc2)no1. The summed E-state index contributed by atoms with van der Waals surface area (Å²) in [7, 11) is 0. The zero-order valence-electron chi connectivity index (χ0n) is 10.2. The number of nitrogens with zero attached hydrogens (tertiary/aromatic N) is 2. The summed E-state index contributed by atoms with van der Waals surface area (Å²) in [5, 5.41) is 7.23. The molecule has 0 aliphatic carbocycles. The summed E-state index contributed by atoms with van der Waals surface area (Å²) in [6, 6.07) is 9.83. The fraction of sp³-hybridized carbons (Fsp3) is 0.385. The molecule has 90 valence electrons. The molecule has 4 heteroatoms. The smallest absolute Gasteiger partial charge is 0.240 e. The molecule has 4 nitrogen and oxygen atoms in total. The maximum atomic E-state index is 5.18. The van der Waals surface area contributed by atoms with Gasteiger partial charge in [-0.3, -0.25) is 0 Å². The fourth-order valence-corrected chi connectivity index (χ4v) is 1.50. The van der Waals surface area contributed by atoms with Gasteiger partial charge in [0.1, 0.15) is 0 Å². The van der Waals surface area contributed by atoms with Crippen LogP contribution in [0.5, 0.6) is 0 Å². The molecule has 0 atom stereocenters. The van der Waals surface area contributed by atoms with Crippen molar-refractivity contribution in [2.75, 3.05) is 6.54 Å². The van der Waals surface area contributed by atoms with Crippen LogP contribution in [0.4, 0.5) is 0 Å². The molecule has 0 saturated heterocycles. The summed E-state index contributed by atoms with van der Waals surface area (Å²) in [4.78, 5) is 4.34. The van der Waals surface area contributed by atoms with Crippen molar-refractivity contribution in [1.82, 2.24) is 15.5 Å². The topological polar surface area (TPSA) is 51.0 Å². The standard InChI is InChI=1S/C13H17N3O/c1-10(2)8-14-9-12-15-13(16-17-12)11-6-4-3-5-7-11/h3-7,10,14H,8-9H2,1-2H3. The first kappa shape index (κ1) is 11.8. The highest BCUT2D eigenvalue weighted by Crippen LogP contribution is 2.14. The van der Waals surface area contributed by atoms with Crippen LogP contribution in [0, 0.1) is 5.92 Å². The molecule has 1 heterocycles. The van der Waals surface area contributed by atoms with Gasteiger partial charge in [-0.25, -0.2) is 0 Å². The van der Waals surface area contributed by atoms with Crippen molar-refractivity contribution >= 4 is 0 Å². The first-order chi connectivity index (χ1) is 8.25. The zero-order valence-corrected chi connectivity index (χ0v) is 10.2. The zero-order chi connectivity index (χ0) is 12.1.